The van der Waals surface area contributed by atoms with E-state index in [4.69, 9.17) is 39.5 Å². The third-order valence-corrected chi connectivity index (χ3v) is 2.99. The zero-order chi connectivity index (χ0) is 13.3. The number of amides is 1. The van der Waals surface area contributed by atoms with Crippen LogP contribution in [-0.2, 0) is 4.74 Å². The third-order valence-electron chi connectivity index (χ3n) is 2.67. The third kappa shape index (κ3) is 3.19. The molecule has 1 aromatic rings. The Morgan fingerprint density at radius 2 is 2.22 bits per heavy atom. The van der Waals surface area contributed by atoms with E-state index in [1.54, 1.807) is 11.1 Å². The summed E-state index contributed by atoms with van der Waals surface area (Å²) in [6.45, 7) is 1.64. The van der Waals surface area contributed by atoms with Gasteiger partial charge < -0.3 is 4.74 Å². The van der Waals surface area contributed by atoms with Crippen LogP contribution in [-0.4, -0.2) is 32.4 Å². The molecule has 0 spiro atoms. The van der Waals surface area contributed by atoms with Gasteiger partial charge in [0.25, 0.3) is 0 Å². The number of nitrogens with zero attached hydrogens (tertiary/aromatic N) is 2. The van der Waals surface area contributed by atoms with Crippen molar-refractivity contribution in [3.8, 4) is 0 Å². The Morgan fingerprint density at radius 3 is 2.78 bits per heavy atom. The molecule has 1 saturated heterocycles. The maximum atomic E-state index is 11.7. The van der Waals surface area contributed by atoms with Gasteiger partial charge in [-0.2, -0.15) is 0 Å². The van der Waals surface area contributed by atoms with Crippen LogP contribution in [0.15, 0.2) is 24.4 Å². The molecule has 2 unspecified atom stereocenters. The van der Waals surface area contributed by atoms with Gasteiger partial charge in [0.15, 0.2) is 0 Å². The number of carbonyl (C=O) groups is 1. The molecular formula is C11H11Cl3N2O2. The largest absolute Gasteiger partial charge is 0.445 e. The predicted octanol–water partition coefficient (Wildman–Crippen LogP) is 3.33. The summed E-state index contributed by atoms with van der Waals surface area (Å²) in [5.41, 5.74) is 0.829. The van der Waals surface area contributed by atoms with Gasteiger partial charge in [-0.3, -0.25) is 9.88 Å². The monoisotopic (exact) mass is 308 g/mol. The summed E-state index contributed by atoms with van der Waals surface area (Å²) in [6, 6.07) is 5.54. The molecule has 1 fully saturated rings. The second kappa shape index (κ2) is 5.11. The first kappa shape index (κ1) is 13.7. The summed E-state index contributed by atoms with van der Waals surface area (Å²) in [5, 5.41) is 0. The Labute approximate surface area is 120 Å². The van der Waals surface area contributed by atoms with Crippen LogP contribution in [0.5, 0.6) is 0 Å². The number of aromatic nitrogens is 1. The van der Waals surface area contributed by atoms with Crippen LogP contribution in [0.2, 0.25) is 0 Å². The number of hydrogen-bond donors (Lipinski definition) is 0. The van der Waals surface area contributed by atoms with Crippen LogP contribution in [0.3, 0.4) is 0 Å². The average molecular weight is 310 g/mol. The molecule has 0 aromatic carbocycles. The van der Waals surface area contributed by atoms with E-state index in [1.807, 2.05) is 25.1 Å². The molecule has 98 valence electrons. The Hall–Kier alpha value is -0.710. The summed E-state index contributed by atoms with van der Waals surface area (Å²) >= 11 is 16.5. The van der Waals surface area contributed by atoms with E-state index in [0.717, 1.165) is 5.69 Å². The molecule has 1 aromatic heterocycles. The second-order valence-electron chi connectivity index (χ2n) is 4.02. The van der Waals surface area contributed by atoms with Crippen molar-refractivity contribution in [2.24, 2.45) is 0 Å². The predicted molar refractivity (Wildman–Crippen MR) is 69.9 cm³/mol. The maximum absolute atomic E-state index is 11.7. The highest BCUT2D eigenvalue weighted by molar-refractivity contribution is 6.67. The molecule has 0 saturated carbocycles. The molecule has 0 aliphatic carbocycles. The van der Waals surface area contributed by atoms with Crippen LogP contribution in [0.25, 0.3) is 0 Å². The van der Waals surface area contributed by atoms with Crippen molar-refractivity contribution < 1.29 is 9.53 Å². The molecule has 2 heterocycles. The molecule has 18 heavy (non-hydrogen) atoms. The molecule has 2 rings (SSSR count). The van der Waals surface area contributed by atoms with Crippen LogP contribution in [0.1, 0.15) is 18.7 Å². The van der Waals surface area contributed by atoms with Gasteiger partial charge in [-0.25, -0.2) is 4.79 Å². The van der Waals surface area contributed by atoms with Crippen LogP contribution >= 0.6 is 34.8 Å². The highest BCUT2D eigenvalue weighted by Gasteiger charge is 2.50. The van der Waals surface area contributed by atoms with Gasteiger partial charge in [-0.1, -0.05) is 40.9 Å². The smallest absolute Gasteiger partial charge is 0.410 e. The summed E-state index contributed by atoms with van der Waals surface area (Å²) in [6.07, 6.45) is 1.19. The summed E-state index contributed by atoms with van der Waals surface area (Å²) < 4.78 is 3.33. The van der Waals surface area contributed by atoms with Gasteiger partial charge in [-0.15, -0.1) is 0 Å². The molecule has 0 bridgehead atoms. The molecule has 4 nitrogen and oxygen atoms in total. The SMILES string of the molecule is CC1C(c2ccccn2)N1C(=O)OCC(Cl)(Cl)Cl. The number of halogens is 3. The number of alkyl halides is 3. The average Bonchev–Trinajstić information content (AvgIpc) is 2.98. The van der Waals surface area contributed by atoms with Gasteiger partial charge in [0.1, 0.15) is 6.61 Å². The molecular weight excluding hydrogens is 298 g/mol. The highest BCUT2D eigenvalue weighted by atomic mass is 35.6. The summed E-state index contributed by atoms with van der Waals surface area (Å²) in [7, 11) is 0. The lowest BCUT2D eigenvalue weighted by Crippen LogP contribution is -2.22. The Balaban J connectivity index is 1.94. The van der Waals surface area contributed by atoms with Crippen molar-refractivity contribution >= 4 is 40.9 Å². The molecule has 1 aliphatic heterocycles. The Bertz CT molecular complexity index is 436. The number of hydrogen-bond acceptors (Lipinski definition) is 3. The first-order chi connectivity index (χ1) is 8.40. The lowest BCUT2D eigenvalue weighted by atomic mass is 10.2. The second-order valence-corrected chi connectivity index (χ2v) is 6.53. The van der Waals surface area contributed by atoms with Crippen molar-refractivity contribution in [2.45, 2.75) is 22.8 Å². The van der Waals surface area contributed by atoms with E-state index in [-0.39, 0.29) is 18.7 Å². The van der Waals surface area contributed by atoms with Gasteiger partial charge in [0.2, 0.25) is 3.79 Å². The summed E-state index contributed by atoms with van der Waals surface area (Å²) in [4.78, 5) is 17.5. The molecule has 1 amide bonds. The molecule has 0 N–H and O–H groups in total. The molecule has 7 heteroatoms. The molecule has 0 radical (unpaired) electrons. The standard InChI is InChI=1S/C11H11Cl3N2O2/c1-7-9(8-4-2-3-5-15-8)16(7)10(17)18-6-11(12,13)14/h2-5,7,9H,6H2,1H3. The van der Waals surface area contributed by atoms with E-state index in [9.17, 15) is 4.79 Å². The Morgan fingerprint density at radius 1 is 1.50 bits per heavy atom. The Kier molecular flexibility index (Phi) is 3.90. The van der Waals surface area contributed by atoms with Crippen LogP contribution in [0.4, 0.5) is 4.79 Å². The fourth-order valence-corrected chi connectivity index (χ4v) is 1.95. The van der Waals surface area contributed by atoms with Gasteiger partial charge in [0, 0.05) is 6.20 Å². The minimum atomic E-state index is -1.59. The van der Waals surface area contributed by atoms with Gasteiger partial charge in [0.05, 0.1) is 17.8 Å². The first-order valence-electron chi connectivity index (χ1n) is 5.33. The topological polar surface area (TPSA) is 42.2 Å². The van der Waals surface area contributed by atoms with Crippen molar-refractivity contribution in [1.29, 1.82) is 0 Å². The lowest BCUT2D eigenvalue weighted by molar-refractivity contribution is 0.129. The van der Waals surface area contributed by atoms with Crippen molar-refractivity contribution in [2.75, 3.05) is 6.61 Å². The molecule has 2 atom stereocenters. The van der Waals surface area contributed by atoms with E-state index in [0.29, 0.717) is 0 Å². The number of pyridine rings is 1. The van der Waals surface area contributed by atoms with Crippen LogP contribution in [0, 0.1) is 0 Å². The highest BCUT2D eigenvalue weighted by Crippen LogP contribution is 2.42. The fraction of sp³-hybridized carbons (Fsp3) is 0.455. The fourth-order valence-electron chi connectivity index (χ4n) is 1.79. The lowest BCUT2D eigenvalue weighted by Gasteiger charge is -2.12. The van der Waals surface area contributed by atoms with E-state index < -0.39 is 9.89 Å². The number of rotatable bonds is 2. The normalized spacial score (nSPS) is 22.8. The van der Waals surface area contributed by atoms with Crippen molar-refractivity contribution in [1.82, 2.24) is 9.88 Å². The van der Waals surface area contributed by atoms with E-state index in [1.165, 1.54) is 0 Å². The zero-order valence-corrected chi connectivity index (χ0v) is 11.8. The minimum absolute atomic E-state index is 0.0442. The van der Waals surface area contributed by atoms with E-state index in [2.05, 4.69) is 4.98 Å². The number of carbonyl (C=O) groups excluding carboxylic acids is 1. The zero-order valence-electron chi connectivity index (χ0n) is 9.52. The minimum Gasteiger partial charge on any atom is -0.445 e. The van der Waals surface area contributed by atoms with Crippen molar-refractivity contribution in [3.63, 3.8) is 0 Å². The quantitative estimate of drug-likeness (QED) is 0.621. The van der Waals surface area contributed by atoms with Crippen molar-refractivity contribution in [3.05, 3.63) is 30.1 Å². The van der Waals surface area contributed by atoms with Gasteiger partial charge in [-0.05, 0) is 19.1 Å². The summed E-state index contributed by atoms with van der Waals surface area (Å²) in [5.74, 6) is 0. The van der Waals surface area contributed by atoms with Crippen LogP contribution < -0.4 is 0 Å². The molecule has 1 aliphatic rings. The number of ether oxygens (including phenoxy) is 1. The van der Waals surface area contributed by atoms with E-state index >= 15 is 0 Å². The van der Waals surface area contributed by atoms with Gasteiger partial charge >= 0.3 is 6.09 Å². The maximum Gasteiger partial charge on any atom is 0.410 e. The first-order valence-corrected chi connectivity index (χ1v) is 6.46.